The topological polar surface area (TPSA) is 67.8 Å². The fraction of sp³-hybridized carbons (Fsp3) is 0.444. The Morgan fingerprint density at radius 3 is 2.72 bits per heavy atom. The highest BCUT2D eigenvalue weighted by Crippen LogP contribution is 2.30. The number of rotatable bonds is 9. The van der Waals surface area contributed by atoms with Gasteiger partial charge in [-0.25, -0.2) is 4.98 Å². The predicted octanol–water partition coefficient (Wildman–Crippen LogP) is 4.43. The molecule has 29 heavy (non-hydrogen) atoms. The summed E-state index contributed by atoms with van der Waals surface area (Å²) in [6.07, 6.45) is -3.25. The Balaban J connectivity index is 0.00000420. The normalized spacial score (nSPS) is 11.7. The summed E-state index contributed by atoms with van der Waals surface area (Å²) >= 11 is 0.996. The van der Waals surface area contributed by atoms with E-state index in [0.29, 0.717) is 37.1 Å². The molecule has 0 amide bonds. The maximum Gasteiger partial charge on any atom is 0.434 e. The van der Waals surface area contributed by atoms with Crippen molar-refractivity contribution in [2.24, 2.45) is 4.99 Å². The number of methoxy groups -OCH3 is 1. The van der Waals surface area contributed by atoms with Gasteiger partial charge in [-0.2, -0.15) is 13.2 Å². The molecule has 0 aliphatic rings. The van der Waals surface area contributed by atoms with Crippen LogP contribution < -0.4 is 15.4 Å². The molecule has 0 unspecified atom stereocenters. The van der Waals surface area contributed by atoms with Gasteiger partial charge in [0.25, 0.3) is 0 Å². The summed E-state index contributed by atoms with van der Waals surface area (Å²) in [4.78, 5) is 7.72. The number of guanidine groups is 1. The molecule has 0 saturated carbocycles. The summed E-state index contributed by atoms with van der Waals surface area (Å²) in [6.45, 7) is 1.59. The number of ether oxygens (including phenoxy) is 2. The van der Waals surface area contributed by atoms with Crippen molar-refractivity contribution in [3.63, 3.8) is 0 Å². The van der Waals surface area contributed by atoms with Crippen LogP contribution in [0.3, 0.4) is 0 Å². The second kappa shape index (κ2) is 12.9. The second-order valence-corrected chi connectivity index (χ2v) is 6.66. The number of hydrogen-bond donors (Lipinski definition) is 2. The van der Waals surface area contributed by atoms with Crippen molar-refractivity contribution >= 4 is 47.0 Å². The van der Waals surface area contributed by atoms with Crippen molar-refractivity contribution in [2.75, 3.05) is 39.2 Å². The molecule has 1 heterocycles. The Kier molecular flexibility index (Phi) is 11.3. The van der Waals surface area contributed by atoms with Crippen LogP contribution in [0, 0.1) is 0 Å². The summed E-state index contributed by atoms with van der Waals surface area (Å²) in [7, 11) is 3.26. The van der Waals surface area contributed by atoms with Crippen LogP contribution >= 0.6 is 35.3 Å². The van der Waals surface area contributed by atoms with E-state index in [0.717, 1.165) is 34.6 Å². The molecule has 2 rings (SSSR count). The zero-order chi connectivity index (χ0) is 20.4. The maximum absolute atomic E-state index is 12.6. The minimum Gasteiger partial charge on any atom is -0.493 e. The highest BCUT2D eigenvalue weighted by atomic mass is 127. The third-order valence-electron chi connectivity index (χ3n) is 3.56. The standard InChI is InChI=1S/C18H23F3N4O2S.HI/c1-22-17(23-8-7-16-25-15(12-28-16)18(19,20)21)24-13-5-3-6-14(11-13)27-10-4-9-26-2;/h3,5-6,11-12H,4,7-10H2,1-2H3,(H2,22,23,24);1H. The number of anilines is 1. The number of benzene rings is 1. The Hall–Kier alpha value is -1.60. The van der Waals surface area contributed by atoms with E-state index in [4.69, 9.17) is 9.47 Å². The number of hydrogen-bond acceptors (Lipinski definition) is 5. The molecule has 0 aliphatic carbocycles. The van der Waals surface area contributed by atoms with Crippen molar-refractivity contribution in [2.45, 2.75) is 19.0 Å². The fourth-order valence-corrected chi connectivity index (χ4v) is 3.02. The van der Waals surface area contributed by atoms with E-state index in [1.54, 1.807) is 14.2 Å². The second-order valence-electron chi connectivity index (χ2n) is 5.72. The van der Waals surface area contributed by atoms with Gasteiger partial charge in [-0.3, -0.25) is 4.99 Å². The molecule has 2 aromatic rings. The van der Waals surface area contributed by atoms with Gasteiger partial charge in [-0.15, -0.1) is 35.3 Å². The number of thiazole rings is 1. The molecule has 0 spiro atoms. The maximum atomic E-state index is 12.6. The van der Waals surface area contributed by atoms with Gasteiger partial charge in [0.15, 0.2) is 11.7 Å². The summed E-state index contributed by atoms with van der Waals surface area (Å²) in [5, 5.41) is 7.63. The van der Waals surface area contributed by atoms with Crippen LogP contribution in [-0.2, 0) is 17.3 Å². The Morgan fingerprint density at radius 1 is 1.28 bits per heavy atom. The van der Waals surface area contributed by atoms with Crippen LogP contribution in [0.1, 0.15) is 17.1 Å². The highest BCUT2D eigenvalue weighted by Gasteiger charge is 2.33. The van der Waals surface area contributed by atoms with Gasteiger partial charge < -0.3 is 20.1 Å². The van der Waals surface area contributed by atoms with Crippen molar-refractivity contribution in [1.82, 2.24) is 10.3 Å². The van der Waals surface area contributed by atoms with Crippen molar-refractivity contribution in [1.29, 1.82) is 0 Å². The molecule has 2 N–H and O–H groups in total. The third kappa shape index (κ3) is 9.17. The van der Waals surface area contributed by atoms with E-state index in [-0.39, 0.29) is 24.0 Å². The summed E-state index contributed by atoms with van der Waals surface area (Å²) in [6, 6.07) is 7.42. The van der Waals surface area contributed by atoms with Crippen LogP contribution in [-0.4, -0.2) is 44.9 Å². The zero-order valence-electron chi connectivity index (χ0n) is 16.1. The quantitative estimate of drug-likeness (QED) is 0.212. The van der Waals surface area contributed by atoms with E-state index >= 15 is 0 Å². The van der Waals surface area contributed by atoms with Crippen molar-refractivity contribution < 1.29 is 22.6 Å². The monoisotopic (exact) mass is 544 g/mol. The fourth-order valence-electron chi connectivity index (χ4n) is 2.22. The third-order valence-corrected chi connectivity index (χ3v) is 4.46. The number of nitrogens with zero attached hydrogens (tertiary/aromatic N) is 2. The molecule has 6 nitrogen and oxygen atoms in total. The van der Waals surface area contributed by atoms with Crippen LogP contribution in [0.4, 0.5) is 18.9 Å². The van der Waals surface area contributed by atoms with Crippen LogP contribution in [0.5, 0.6) is 5.75 Å². The zero-order valence-corrected chi connectivity index (χ0v) is 19.2. The molecule has 0 radical (unpaired) electrons. The van der Waals surface area contributed by atoms with E-state index in [9.17, 15) is 13.2 Å². The van der Waals surface area contributed by atoms with Gasteiger partial charge in [0.1, 0.15) is 5.75 Å². The Labute approximate surface area is 188 Å². The first-order chi connectivity index (χ1) is 13.4. The van der Waals surface area contributed by atoms with Gasteiger partial charge in [0.2, 0.25) is 0 Å². The summed E-state index contributed by atoms with van der Waals surface area (Å²) < 4.78 is 48.4. The molecule has 0 atom stereocenters. The molecular weight excluding hydrogens is 520 g/mol. The van der Waals surface area contributed by atoms with Crippen LogP contribution in [0.25, 0.3) is 0 Å². The Morgan fingerprint density at radius 2 is 2.07 bits per heavy atom. The molecule has 0 saturated heterocycles. The van der Waals surface area contributed by atoms with Gasteiger partial charge >= 0.3 is 6.18 Å². The Bertz CT molecular complexity index is 772. The lowest BCUT2D eigenvalue weighted by atomic mass is 10.3. The van der Waals surface area contributed by atoms with Crippen molar-refractivity contribution in [3.05, 3.63) is 40.3 Å². The van der Waals surface area contributed by atoms with Gasteiger partial charge in [0, 0.05) is 57.3 Å². The molecule has 1 aromatic heterocycles. The van der Waals surface area contributed by atoms with Gasteiger partial charge in [-0.05, 0) is 12.1 Å². The number of aromatic nitrogens is 1. The van der Waals surface area contributed by atoms with E-state index < -0.39 is 11.9 Å². The first kappa shape index (κ1) is 25.4. The molecule has 11 heteroatoms. The highest BCUT2D eigenvalue weighted by molar-refractivity contribution is 14.0. The molecule has 0 bridgehead atoms. The van der Waals surface area contributed by atoms with Gasteiger partial charge in [0.05, 0.1) is 11.6 Å². The average Bonchev–Trinajstić information content (AvgIpc) is 3.14. The van der Waals surface area contributed by atoms with Crippen LogP contribution in [0.15, 0.2) is 34.6 Å². The molecule has 0 fully saturated rings. The van der Waals surface area contributed by atoms with E-state index in [2.05, 4.69) is 20.6 Å². The number of nitrogens with one attached hydrogen (secondary N) is 2. The molecule has 0 aliphatic heterocycles. The minimum atomic E-state index is -4.41. The minimum absolute atomic E-state index is 0. The lowest BCUT2D eigenvalue weighted by Crippen LogP contribution is -2.32. The number of aliphatic imine (C=N–C) groups is 1. The van der Waals surface area contributed by atoms with E-state index in [1.165, 1.54) is 0 Å². The summed E-state index contributed by atoms with van der Waals surface area (Å²) in [5.74, 6) is 1.23. The van der Waals surface area contributed by atoms with Gasteiger partial charge in [-0.1, -0.05) is 6.07 Å². The smallest absolute Gasteiger partial charge is 0.434 e. The molecule has 162 valence electrons. The van der Waals surface area contributed by atoms with Crippen molar-refractivity contribution in [3.8, 4) is 5.75 Å². The van der Waals surface area contributed by atoms with E-state index in [1.807, 2.05) is 24.3 Å². The number of alkyl halides is 3. The molecule has 1 aromatic carbocycles. The lowest BCUT2D eigenvalue weighted by molar-refractivity contribution is -0.140. The van der Waals surface area contributed by atoms with Crippen LogP contribution in [0.2, 0.25) is 0 Å². The SMILES string of the molecule is CN=C(NCCc1nc(C(F)(F)F)cs1)Nc1cccc(OCCCOC)c1.I. The first-order valence-corrected chi connectivity index (χ1v) is 9.51. The average molecular weight is 544 g/mol. The molecular formula is C18H24F3IN4O2S. The lowest BCUT2D eigenvalue weighted by Gasteiger charge is -2.13. The summed E-state index contributed by atoms with van der Waals surface area (Å²) in [5.41, 5.74) is -0.0664. The number of halogens is 4. The largest absolute Gasteiger partial charge is 0.493 e. The predicted molar refractivity (Wildman–Crippen MR) is 120 cm³/mol. The first-order valence-electron chi connectivity index (χ1n) is 8.63.